The van der Waals surface area contributed by atoms with Crippen LogP contribution in [0, 0.1) is 13.8 Å². The molecule has 124 heavy (non-hydrogen) atoms. The van der Waals surface area contributed by atoms with Crippen molar-refractivity contribution in [1.82, 2.24) is 0 Å². The maximum absolute atomic E-state index is 7.92. The predicted molar refractivity (Wildman–Crippen MR) is 512 cm³/mol. The van der Waals surface area contributed by atoms with Crippen molar-refractivity contribution in [1.29, 1.82) is 0 Å². The second-order valence-corrected chi connectivity index (χ2v) is 32.8. The van der Waals surface area contributed by atoms with Gasteiger partial charge in [-0.2, -0.15) is 0 Å². The van der Waals surface area contributed by atoms with Crippen LogP contribution in [-0.4, -0.2) is 6.10 Å². The minimum Gasteiger partial charge on any atom is -0.483 e. The lowest BCUT2D eigenvalue weighted by Gasteiger charge is -2.27. The molecule has 0 N–H and O–H groups in total. The van der Waals surface area contributed by atoms with Crippen LogP contribution in [0.5, 0.6) is 5.75 Å². The number of rotatable bonds is 13. The molecule has 2 aliphatic rings. The minimum absolute atomic E-state index is 0.127. The van der Waals surface area contributed by atoms with E-state index < -0.39 is 0 Å². The molecule has 1 aliphatic carbocycles. The summed E-state index contributed by atoms with van der Waals surface area (Å²) < 4.78 is 44.4. The van der Waals surface area contributed by atoms with E-state index in [1.807, 2.05) is 18.2 Å². The largest absolute Gasteiger partial charge is 0.483 e. The van der Waals surface area contributed by atoms with Gasteiger partial charge in [0.05, 0.1) is 45.5 Å². The molecule has 0 fully saturated rings. The highest BCUT2D eigenvalue weighted by Crippen LogP contribution is 2.59. The van der Waals surface area contributed by atoms with Crippen molar-refractivity contribution in [2.45, 2.75) is 25.9 Å². The van der Waals surface area contributed by atoms with Crippen molar-refractivity contribution in [3.05, 3.63) is 411 Å². The molecule has 0 saturated heterocycles. The Morgan fingerprint density at radius 3 is 1.05 bits per heavy atom. The average molecular weight is 1590 g/mol. The summed E-state index contributed by atoms with van der Waals surface area (Å²) >= 11 is 0. The van der Waals surface area contributed by atoms with E-state index in [0.29, 0.717) is 0 Å². The summed E-state index contributed by atoms with van der Waals surface area (Å²) in [6.45, 7) is 4.36. The number of allylic oxidation sites excluding steroid dienone is 2. The van der Waals surface area contributed by atoms with E-state index in [4.69, 9.17) is 26.8 Å². The summed E-state index contributed by atoms with van der Waals surface area (Å²) in [7, 11) is 0. The van der Waals surface area contributed by atoms with Gasteiger partial charge in [0.1, 0.15) is 28.6 Å². The van der Waals surface area contributed by atoms with E-state index in [1.54, 1.807) is 0 Å². The van der Waals surface area contributed by atoms with E-state index in [9.17, 15) is 0 Å². The lowest BCUT2D eigenvalue weighted by Crippen LogP contribution is -2.17. The maximum Gasteiger partial charge on any atom is 0.160 e. The number of ether oxygens (including phenoxy) is 1. The molecule has 0 radical (unpaired) electrons. The van der Waals surface area contributed by atoms with Crippen LogP contribution in [0.2, 0.25) is 0 Å². The lowest BCUT2D eigenvalue weighted by molar-refractivity contribution is 0.270. The Labute approximate surface area is 710 Å². The number of aryl methyl sites for hydroxylation is 2. The van der Waals surface area contributed by atoms with Crippen molar-refractivity contribution >= 4 is 227 Å². The van der Waals surface area contributed by atoms with Gasteiger partial charge in [0.15, 0.2) is 39.1 Å². The smallest absolute Gasteiger partial charge is 0.160 e. The second kappa shape index (κ2) is 27.1. The van der Waals surface area contributed by atoms with Crippen molar-refractivity contribution in [2.75, 3.05) is 19.6 Å². The number of benzene rings is 19. The van der Waals surface area contributed by atoms with Crippen LogP contribution < -0.4 is 24.3 Å². The highest BCUT2D eigenvalue weighted by Gasteiger charge is 2.39. The van der Waals surface area contributed by atoms with Gasteiger partial charge in [-0.25, -0.2) is 0 Å². The molecule has 1 aliphatic heterocycles. The number of anilines is 12. The first-order valence-corrected chi connectivity index (χ1v) is 42.3. The molecule has 5 aromatic heterocycles. The third-order valence-corrected chi connectivity index (χ3v) is 25.9. The van der Waals surface area contributed by atoms with Crippen LogP contribution in [0.15, 0.2) is 410 Å². The Morgan fingerprint density at radius 1 is 0.242 bits per heavy atom. The average Bonchev–Trinajstić information content (AvgIpc) is 1.53. The van der Waals surface area contributed by atoms with Crippen LogP contribution in [0.3, 0.4) is 0 Å². The quantitative estimate of drug-likeness (QED) is 0.111. The molecule has 0 saturated carbocycles. The van der Waals surface area contributed by atoms with E-state index in [1.165, 1.54) is 0 Å². The van der Waals surface area contributed by atoms with Crippen molar-refractivity contribution in [2.24, 2.45) is 0 Å². The van der Waals surface area contributed by atoms with Gasteiger partial charge in [-0.15, -0.1) is 0 Å². The zero-order valence-electron chi connectivity index (χ0n) is 67.3. The van der Waals surface area contributed by atoms with Gasteiger partial charge in [0.2, 0.25) is 0 Å². The number of fused-ring (bicyclic) bond motifs is 26. The minimum atomic E-state index is -0.286. The fraction of sp³-hybridized carbons (Fsp3) is 0.0351. The summed E-state index contributed by atoms with van der Waals surface area (Å²) in [5.74, 6) is 0.683. The summed E-state index contributed by atoms with van der Waals surface area (Å²) in [6, 6.07) is 132. The van der Waals surface area contributed by atoms with Crippen LogP contribution in [-0.2, 0) is 0 Å². The number of para-hydroxylation sites is 10. The molecule has 26 rings (SSSR count). The molecule has 24 aromatic rings. The van der Waals surface area contributed by atoms with Gasteiger partial charge in [-0.1, -0.05) is 273 Å². The first-order chi connectivity index (χ1) is 61.3. The molecule has 10 heteroatoms. The van der Waals surface area contributed by atoms with E-state index in [-0.39, 0.29) is 12.0 Å². The number of hydrogen-bond acceptors (Lipinski definition) is 10. The fourth-order valence-electron chi connectivity index (χ4n) is 20.3. The van der Waals surface area contributed by atoms with Crippen LogP contribution >= 0.6 is 0 Å². The van der Waals surface area contributed by atoms with Gasteiger partial charge in [-0.3, -0.25) is 0 Å². The molecule has 0 bridgehead atoms. The van der Waals surface area contributed by atoms with Gasteiger partial charge in [0.25, 0.3) is 0 Å². The van der Waals surface area contributed by atoms with Crippen LogP contribution in [0.25, 0.3) is 158 Å². The first kappa shape index (κ1) is 69.6. The van der Waals surface area contributed by atoms with Gasteiger partial charge in [-0.05, 0) is 194 Å². The van der Waals surface area contributed by atoms with Gasteiger partial charge < -0.3 is 46.4 Å². The molecule has 584 valence electrons. The van der Waals surface area contributed by atoms with Crippen LogP contribution in [0.1, 0.15) is 28.2 Å². The van der Waals surface area contributed by atoms with Crippen molar-refractivity contribution in [3.8, 4) is 5.75 Å². The fourth-order valence-corrected chi connectivity index (χ4v) is 20.3. The Balaban J connectivity index is 0.620. The van der Waals surface area contributed by atoms with E-state index >= 15 is 0 Å². The number of furan rings is 5. The topological polar surface area (TPSA) is 87.9 Å². The van der Waals surface area contributed by atoms with Crippen molar-refractivity contribution < 1.29 is 26.8 Å². The molecule has 2 atom stereocenters. The normalized spacial score (nSPS) is 14.0. The molecule has 19 aromatic carbocycles. The monoisotopic (exact) mass is 1590 g/mol. The number of nitrogens with zero attached hydrogens (tertiary/aromatic N) is 4. The van der Waals surface area contributed by atoms with Gasteiger partial charge >= 0.3 is 0 Å². The molecule has 6 heterocycles. The Morgan fingerprint density at radius 2 is 0.589 bits per heavy atom. The van der Waals surface area contributed by atoms with Crippen molar-refractivity contribution in [3.63, 3.8) is 0 Å². The summed E-state index contributed by atoms with van der Waals surface area (Å²) in [5.41, 5.74) is 24.2. The zero-order chi connectivity index (χ0) is 81.5. The summed E-state index contributed by atoms with van der Waals surface area (Å²) in [4.78, 5) is 9.39. The number of hydrogen-bond donors (Lipinski definition) is 0. The third-order valence-electron chi connectivity index (χ3n) is 25.9. The van der Waals surface area contributed by atoms with Crippen LogP contribution in [0.4, 0.5) is 68.2 Å². The molecular weight excluding hydrogens is 1520 g/mol. The Kier molecular flexibility index (Phi) is 15.2. The Bertz CT molecular complexity index is 8700. The molecule has 10 nitrogen and oxygen atoms in total. The Hall–Kier alpha value is -16.3. The highest BCUT2D eigenvalue weighted by molar-refractivity contribution is 6.34. The summed E-state index contributed by atoms with van der Waals surface area (Å²) in [5, 5.41) is 18.9. The predicted octanol–water partition coefficient (Wildman–Crippen LogP) is 32.8. The standard InChI is InChI=1S/C114H72N4O6/c1-67-29-9-21-49-89(67)117(93-53-26-46-84-82-44-20-24-56-100(82)120-108(84)93)97-65-73-33-13-17-41-79(73)105-106-80-42-18-14-34-74(80)66-98(114(106)124-113(97)105)118(90-50-22-10-30-68(90)2)94-54-28-48-86-88-62-70(58-60-102(88)122-110(86)94)69-57-59-101-87(61-69)85-47-27-52-92(109(85)121-101)116(76-37-7-4-8-38-76)96-64-72-32-12-16-40-78(72)104-103-77-39-15-11-31-71(77)63-95(111(103)123-112(96)104)115(75-35-5-3-6-36-75)91-51-25-45-83-81-43-19-23-55-99(81)119-107(83)91/h3-66,87,101H,1-2H3. The third kappa shape index (κ3) is 10.4. The SMILES string of the molecule is Cc1ccccc1N(c1cccc2c1oc1ccccc12)c1cc2ccccc2c2c1oc1c(N(c3ccccc3C)c3cccc4c3oc3ccc(C5=CC6c7cccc(N(c8ccccc8)c8cc9ccccc9c9c8oc8c(N(c%10ccccc%10)c%10cccc%11c%10oc%10ccccc%10%11)cc%10ccccc%10c89)c7OC6C=C5)cc34)cc3ccccc3c12. The zero-order valence-corrected chi connectivity index (χ0v) is 67.3. The lowest BCUT2D eigenvalue weighted by atomic mass is 9.86. The first-order valence-electron chi connectivity index (χ1n) is 42.3. The molecule has 0 spiro atoms. The summed E-state index contributed by atoms with van der Waals surface area (Å²) in [6.07, 6.45) is 6.59. The molecule has 2 unspecified atom stereocenters. The molecule has 0 amide bonds. The second-order valence-electron chi connectivity index (χ2n) is 32.8. The highest BCUT2D eigenvalue weighted by atomic mass is 16.5. The van der Waals surface area contributed by atoms with E-state index in [2.05, 4.69) is 404 Å². The van der Waals surface area contributed by atoms with Gasteiger partial charge in [0, 0.05) is 88.1 Å². The molecular formula is C114H72N4O6. The van der Waals surface area contributed by atoms with E-state index in [0.717, 1.165) is 255 Å². The maximum atomic E-state index is 7.92.